The van der Waals surface area contributed by atoms with E-state index in [1.165, 1.54) is 43.5 Å². The van der Waals surface area contributed by atoms with Crippen LogP contribution in [0.15, 0.2) is 64.9 Å². The molecule has 13 heteroatoms. The van der Waals surface area contributed by atoms with Crippen molar-refractivity contribution in [1.29, 1.82) is 0 Å². The molecular formula is C29H28F2N6O4S. The molecule has 1 fully saturated rings. The average molecular weight is 595 g/mol. The Morgan fingerprint density at radius 2 is 1.79 bits per heavy atom. The summed E-state index contributed by atoms with van der Waals surface area (Å²) in [5.41, 5.74) is -1.42. The minimum Gasteiger partial charge on any atom is -0.349 e. The maximum Gasteiger partial charge on any atom is 0.355 e. The van der Waals surface area contributed by atoms with Gasteiger partial charge in [0.25, 0.3) is 0 Å². The molecule has 4 heterocycles. The molecule has 3 aromatic heterocycles. The van der Waals surface area contributed by atoms with Gasteiger partial charge in [0.1, 0.15) is 23.1 Å². The number of piperazine rings is 1. The lowest BCUT2D eigenvalue weighted by atomic mass is 10.1. The Balaban J connectivity index is 1.85. The van der Waals surface area contributed by atoms with Gasteiger partial charge in [0.2, 0.25) is 5.91 Å². The number of hydrogen-bond donors (Lipinski definition) is 0. The molecule has 1 aliphatic heterocycles. The van der Waals surface area contributed by atoms with Crippen molar-refractivity contribution in [2.24, 2.45) is 0 Å². The summed E-state index contributed by atoms with van der Waals surface area (Å²) in [6.45, 7) is 9.28. The average Bonchev–Trinajstić information content (AvgIpc) is 2.93. The van der Waals surface area contributed by atoms with Crippen molar-refractivity contribution in [3.8, 4) is 16.9 Å². The van der Waals surface area contributed by atoms with Crippen LogP contribution in [0.5, 0.6) is 0 Å². The van der Waals surface area contributed by atoms with Crippen LogP contribution < -0.4 is 10.6 Å². The molecule has 4 aromatic rings. The fraction of sp³-hybridized carbons (Fsp3) is 0.276. The number of carbonyl (C=O) groups excluding carboxylic acids is 1. The fourth-order valence-electron chi connectivity index (χ4n) is 5.32. The van der Waals surface area contributed by atoms with E-state index in [1.54, 1.807) is 9.80 Å². The largest absolute Gasteiger partial charge is 0.355 e. The summed E-state index contributed by atoms with van der Waals surface area (Å²) in [5.74, 6) is -1.74. The second-order valence-corrected chi connectivity index (χ2v) is 12.3. The molecule has 1 saturated heterocycles. The number of sulfone groups is 1. The van der Waals surface area contributed by atoms with Crippen molar-refractivity contribution in [2.75, 3.05) is 24.2 Å². The first-order chi connectivity index (χ1) is 19.8. The lowest BCUT2D eigenvalue weighted by Crippen LogP contribution is -2.58. The number of nitrogens with zero attached hydrogens (tertiary/aromatic N) is 6. The Kier molecular flexibility index (Phi) is 7.39. The Morgan fingerprint density at radius 1 is 1.07 bits per heavy atom. The van der Waals surface area contributed by atoms with Crippen molar-refractivity contribution >= 4 is 32.6 Å². The van der Waals surface area contributed by atoms with Crippen molar-refractivity contribution < 1.29 is 22.0 Å². The van der Waals surface area contributed by atoms with Crippen molar-refractivity contribution in [2.45, 2.75) is 37.8 Å². The van der Waals surface area contributed by atoms with Crippen LogP contribution in [-0.2, 0) is 14.6 Å². The second kappa shape index (κ2) is 10.7. The predicted molar refractivity (Wildman–Crippen MR) is 154 cm³/mol. The summed E-state index contributed by atoms with van der Waals surface area (Å²) in [7, 11) is -3.88. The van der Waals surface area contributed by atoms with E-state index in [4.69, 9.17) is 0 Å². The molecule has 218 valence electrons. The van der Waals surface area contributed by atoms with Crippen molar-refractivity contribution in [3.05, 3.63) is 83.1 Å². The minimum atomic E-state index is -3.88. The number of amides is 1. The molecule has 0 radical (unpaired) electrons. The molecular weight excluding hydrogens is 566 g/mol. The Labute approximate surface area is 240 Å². The highest BCUT2D eigenvalue weighted by molar-refractivity contribution is 7.90. The maximum absolute atomic E-state index is 15.8. The number of aryl methyl sites for hydroxylation is 1. The molecule has 42 heavy (non-hydrogen) atoms. The normalized spacial score (nSPS) is 17.5. The number of halogens is 2. The predicted octanol–water partition coefficient (Wildman–Crippen LogP) is 3.44. The van der Waals surface area contributed by atoms with Gasteiger partial charge >= 0.3 is 5.69 Å². The highest BCUT2D eigenvalue weighted by atomic mass is 32.2. The number of benzene rings is 1. The van der Waals surface area contributed by atoms with Crippen LogP contribution in [0.4, 0.5) is 14.6 Å². The van der Waals surface area contributed by atoms with Gasteiger partial charge in [-0.3, -0.25) is 9.78 Å². The molecule has 0 unspecified atom stereocenters. The van der Waals surface area contributed by atoms with Gasteiger partial charge in [0.05, 0.1) is 21.7 Å². The van der Waals surface area contributed by atoms with E-state index in [9.17, 15) is 22.4 Å². The van der Waals surface area contributed by atoms with Gasteiger partial charge in [-0.25, -0.2) is 31.5 Å². The summed E-state index contributed by atoms with van der Waals surface area (Å²) in [6.07, 6.45) is 3.52. The van der Waals surface area contributed by atoms with Crippen LogP contribution in [0.2, 0.25) is 0 Å². The molecule has 2 atom stereocenters. The van der Waals surface area contributed by atoms with Gasteiger partial charge < -0.3 is 9.80 Å². The molecule has 1 amide bonds. The summed E-state index contributed by atoms with van der Waals surface area (Å²) in [5, 5.41) is 0.0949. The zero-order chi connectivity index (χ0) is 30.5. The molecule has 0 spiro atoms. The molecule has 0 N–H and O–H groups in total. The van der Waals surface area contributed by atoms with Crippen LogP contribution in [0.3, 0.4) is 0 Å². The van der Waals surface area contributed by atoms with Crippen LogP contribution in [0.25, 0.3) is 28.0 Å². The molecule has 5 rings (SSSR count). The van der Waals surface area contributed by atoms with Gasteiger partial charge in [0, 0.05) is 43.2 Å². The minimum absolute atomic E-state index is 0.0875. The van der Waals surface area contributed by atoms with Gasteiger partial charge in [-0.2, -0.15) is 4.98 Å². The standard InChI is InChI=1S/C29H28F2N6O4S/c1-6-24(38)35-14-17(3)36(15-16(35)2)27-20-13-22(31)25(19-9-7-8-10-21(19)30)33-28(20)37(29(39)34-27)26-18(4)32-12-11-23(26)42(5,40)41/h6-13,16-17H,1,14-15H2,2-5H3/t16-,17+/m1/s1. The van der Waals surface area contributed by atoms with Crippen LogP contribution in [0, 0.1) is 18.6 Å². The van der Waals surface area contributed by atoms with E-state index in [-0.39, 0.29) is 75.5 Å². The molecule has 0 aliphatic carbocycles. The second-order valence-electron chi connectivity index (χ2n) is 10.3. The van der Waals surface area contributed by atoms with Crippen LogP contribution in [0.1, 0.15) is 19.5 Å². The highest BCUT2D eigenvalue weighted by Gasteiger charge is 2.34. The van der Waals surface area contributed by atoms with E-state index in [1.807, 2.05) is 13.8 Å². The fourth-order valence-corrected chi connectivity index (χ4v) is 6.22. The third-order valence-corrected chi connectivity index (χ3v) is 8.47. The lowest BCUT2D eigenvalue weighted by molar-refractivity contribution is -0.128. The van der Waals surface area contributed by atoms with E-state index in [2.05, 4.69) is 21.5 Å². The summed E-state index contributed by atoms with van der Waals surface area (Å²) >= 11 is 0. The van der Waals surface area contributed by atoms with E-state index >= 15 is 4.39 Å². The van der Waals surface area contributed by atoms with Gasteiger partial charge in [-0.1, -0.05) is 18.7 Å². The SMILES string of the molecule is C=CC(=O)N1C[C@H](C)N(c2nc(=O)n(-c3c(S(C)(=O)=O)ccnc3C)c3nc(-c4ccccc4F)c(F)cc23)C[C@H]1C. The number of anilines is 1. The van der Waals surface area contributed by atoms with E-state index in [0.29, 0.717) is 0 Å². The number of pyridine rings is 2. The first kappa shape index (κ1) is 29.0. The topological polar surface area (TPSA) is 118 Å². The van der Waals surface area contributed by atoms with Gasteiger partial charge in [0.15, 0.2) is 15.5 Å². The Hall–Kier alpha value is -4.52. The zero-order valence-electron chi connectivity index (χ0n) is 23.4. The molecule has 1 aromatic carbocycles. The van der Waals surface area contributed by atoms with E-state index < -0.39 is 27.2 Å². The Bertz CT molecular complexity index is 1930. The summed E-state index contributed by atoms with van der Waals surface area (Å²) < 4.78 is 57.1. The van der Waals surface area contributed by atoms with Crippen molar-refractivity contribution in [3.63, 3.8) is 0 Å². The highest BCUT2D eigenvalue weighted by Crippen LogP contribution is 2.34. The third kappa shape index (κ3) is 4.93. The summed E-state index contributed by atoms with van der Waals surface area (Å²) in [4.78, 5) is 42.4. The first-order valence-corrected chi connectivity index (χ1v) is 15.0. The Morgan fingerprint density at radius 3 is 2.45 bits per heavy atom. The van der Waals surface area contributed by atoms with Gasteiger partial charge in [-0.05, 0) is 51.1 Å². The third-order valence-electron chi connectivity index (χ3n) is 7.34. The maximum atomic E-state index is 15.8. The van der Waals surface area contributed by atoms with Crippen LogP contribution in [-0.4, -0.2) is 70.2 Å². The van der Waals surface area contributed by atoms with Gasteiger partial charge in [-0.15, -0.1) is 0 Å². The smallest absolute Gasteiger partial charge is 0.349 e. The van der Waals surface area contributed by atoms with Crippen LogP contribution >= 0.6 is 0 Å². The number of rotatable bonds is 5. The molecule has 0 bridgehead atoms. The monoisotopic (exact) mass is 594 g/mol. The zero-order valence-corrected chi connectivity index (χ0v) is 24.2. The molecule has 0 saturated carbocycles. The van der Waals surface area contributed by atoms with E-state index in [0.717, 1.165) is 23.0 Å². The number of aromatic nitrogens is 4. The molecule has 1 aliphatic rings. The summed E-state index contributed by atoms with van der Waals surface area (Å²) in [6, 6.07) is 7.20. The lowest BCUT2D eigenvalue weighted by Gasteiger charge is -2.44. The number of fused-ring (bicyclic) bond motifs is 1. The van der Waals surface area contributed by atoms with Crippen molar-refractivity contribution in [1.82, 2.24) is 24.4 Å². The quantitative estimate of drug-likeness (QED) is 0.323. The first-order valence-electron chi connectivity index (χ1n) is 13.1. The number of hydrogen-bond acceptors (Lipinski definition) is 8. The molecule has 10 nitrogen and oxygen atoms in total. The number of carbonyl (C=O) groups is 1.